The van der Waals surface area contributed by atoms with Crippen LogP contribution in [0.3, 0.4) is 0 Å². The molecule has 0 aromatic carbocycles. The van der Waals surface area contributed by atoms with Crippen LogP contribution in [0.2, 0.25) is 0 Å². The molecule has 0 aliphatic carbocycles. The summed E-state index contributed by atoms with van der Waals surface area (Å²) in [5.41, 5.74) is 21.9. The first-order valence-electron chi connectivity index (χ1n) is 6.69. The van der Waals surface area contributed by atoms with Gasteiger partial charge in [0, 0.05) is 0 Å². The molecule has 9 nitrogen and oxygen atoms in total. The zero-order valence-electron chi connectivity index (χ0n) is 12.8. The highest BCUT2D eigenvalue weighted by Crippen LogP contribution is 2.03. The van der Waals surface area contributed by atoms with Gasteiger partial charge >= 0.3 is 11.9 Å². The predicted molar refractivity (Wildman–Crippen MR) is 87.3 cm³/mol. The summed E-state index contributed by atoms with van der Waals surface area (Å²) in [6.07, 6.45) is 3.92. The minimum atomic E-state index is -0.799. The number of hydrogen-bond donors (Lipinski definition) is 4. The molecule has 0 aliphatic rings. The van der Waals surface area contributed by atoms with Crippen LogP contribution in [-0.2, 0) is 14.3 Å². The van der Waals surface area contributed by atoms with E-state index in [-0.39, 0.29) is 23.4 Å². The molecule has 0 aromatic heterocycles. The van der Waals surface area contributed by atoms with Crippen LogP contribution in [0.5, 0.6) is 0 Å². The topological polar surface area (TPSA) is 210 Å². The fourth-order valence-electron chi connectivity index (χ4n) is 1.50. The molecular weight excluding hydrogens is 316 g/mol. The van der Waals surface area contributed by atoms with Crippen molar-refractivity contribution in [3.63, 3.8) is 0 Å². The second-order valence-corrected chi connectivity index (χ2v) is 4.52. The molecule has 12 N–H and O–H groups in total. The SMILES string of the molecule is Cl.NCCCC[C@H](N)C(=O)OC(=O)[C@@H](N)CCCCN.O.O. The molecular formula is C12H31ClN4O5. The van der Waals surface area contributed by atoms with Crippen LogP contribution in [-0.4, -0.2) is 48.1 Å². The van der Waals surface area contributed by atoms with E-state index in [1.807, 2.05) is 0 Å². The Labute approximate surface area is 137 Å². The predicted octanol–water partition coefficient (Wildman–Crippen LogP) is -2.26. The Morgan fingerprint density at radius 3 is 1.36 bits per heavy atom. The zero-order valence-corrected chi connectivity index (χ0v) is 13.6. The molecule has 0 heterocycles. The highest BCUT2D eigenvalue weighted by Gasteiger charge is 2.22. The molecule has 0 spiro atoms. The van der Waals surface area contributed by atoms with E-state index in [4.69, 9.17) is 22.9 Å². The van der Waals surface area contributed by atoms with Crippen molar-refractivity contribution in [3.8, 4) is 0 Å². The minimum absolute atomic E-state index is 0. The van der Waals surface area contributed by atoms with Crippen LogP contribution in [0.25, 0.3) is 0 Å². The monoisotopic (exact) mass is 346 g/mol. The van der Waals surface area contributed by atoms with E-state index < -0.39 is 24.0 Å². The molecule has 0 rings (SSSR count). The summed E-state index contributed by atoms with van der Waals surface area (Å²) in [6, 6.07) is -1.60. The molecule has 10 heteroatoms. The average Bonchev–Trinajstić information content (AvgIpc) is 2.38. The van der Waals surface area contributed by atoms with Gasteiger partial charge in [-0.2, -0.15) is 0 Å². The van der Waals surface area contributed by atoms with E-state index in [1.165, 1.54) is 0 Å². The first-order chi connectivity index (χ1) is 9.02. The highest BCUT2D eigenvalue weighted by atomic mass is 35.5. The average molecular weight is 347 g/mol. The number of nitrogens with two attached hydrogens (primary N) is 4. The standard InChI is InChI=1S/C12H26N4O3.ClH.2H2O/c13-7-3-1-5-9(15)11(17)19-12(18)10(16)6-2-4-8-14;;;/h9-10H,1-8,13-16H2;1H;2*1H2/t9-,10-;;;/m0.../s1. The van der Waals surface area contributed by atoms with E-state index in [1.54, 1.807) is 0 Å². The number of esters is 2. The van der Waals surface area contributed by atoms with Gasteiger partial charge in [0.1, 0.15) is 12.1 Å². The Hall–Kier alpha value is -0.810. The van der Waals surface area contributed by atoms with E-state index >= 15 is 0 Å². The van der Waals surface area contributed by atoms with Gasteiger partial charge in [-0.25, -0.2) is 9.59 Å². The van der Waals surface area contributed by atoms with Gasteiger partial charge in [0.25, 0.3) is 0 Å². The third-order valence-electron chi connectivity index (χ3n) is 2.75. The van der Waals surface area contributed by atoms with Crippen molar-refractivity contribution in [1.29, 1.82) is 0 Å². The number of carbonyl (C=O) groups excluding carboxylic acids is 2. The van der Waals surface area contributed by atoms with Crippen LogP contribution in [0.4, 0.5) is 0 Å². The molecule has 0 amide bonds. The molecule has 0 saturated heterocycles. The number of carbonyl (C=O) groups is 2. The molecule has 2 atom stereocenters. The van der Waals surface area contributed by atoms with Crippen LogP contribution in [0.15, 0.2) is 0 Å². The third-order valence-corrected chi connectivity index (χ3v) is 2.75. The van der Waals surface area contributed by atoms with Crippen molar-refractivity contribution in [2.24, 2.45) is 22.9 Å². The van der Waals surface area contributed by atoms with Gasteiger partial charge in [0.15, 0.2) is 0 Å². The van der Waals surface area contributed by atoms with Gasteiger partial charge in [-0.3, -0.25) is 0 Å². The maximum atomic E-state index is 11.5. The number of ether oxygens (including phenoxy) is 1. The molecule has 0 radical (unpaired) electrons. The van der Waals surface area contributed by atoms with Crippen LogP contribution >= 0.6 is 12.4 Å². The molecule has 136 valence electrons. The molecule has 0 unspecified atom stereocenters. The Bertz CT molecular complexity index is 258. The fraction of sp³-hybridized carbons (Fsp3) is 0.833. The summed E-state index contributed by atoms with van der Waals surface area (Å²) >= 11 is 0. The first-order valence-corrected chi connectivity index (χ1v) is 6.69. The van der Waals surface area contributed by atoms with Crippen LogP contribution < -0.4 is 22.9 Å². The summed E-state index contributed by atoms with van der Waals surface area (Å²) in [4.78, 5) is 23.0. The summed E-state index contributed by atoms with van der Waals surface area (Å²) < 4.78 is 4.64. The van der Waals surface area contributed by atoms with E-state index in [2.05, 4.69) is 4.74 Å². The van der Waals surface area contributed by atoms with E-state index in [0.29, 0.717) is 25.9 Å². The van der Waals surface area contributed by atoms with Crippen molar-refractivity contribution in [2.45, 2.75) is 50.6 Å². The van der Waals surface area contributed by atoms with Gasteiger partial charge in [-0.05, 0) is 38.8 Å². The molecule has 0 aliphatic heterocycles. The normalized spacial score (nSPS) is 12.0. The third kappa shape index (κ3) is 14.1. The van der Waals surface area contributed by atoms with E-state index in [0.717, 1.165) is 25.7 Å². The second kappa shape index (κ2) is 18.2. The molecule has 0 saturated carbocycles. The maximum absolute atomic E-state index is 11.5. The van der Waals surface area contributed by atoms with E-state index in [9.17, 15) is 9.59 Å². The summed E-state index contributed by atoms with van der Waals surface area (Å²) in [7, 11) is 0. The minimum Gasteiger partial charge on any atom is -0.412 e. The number of hydrogen-bond acceptors (Lipinski definition) is 7. The number of rotatable bonds is 10. The van der Waals surface area contributed by atoms with Crippen molar-refractivity contribution in [2.75, 3.05) is 13.1 Å². The van der Waals surface area contributed by atoms with Crippen molar-refractivity contribution in [1.82, 2.24) is 0 Å². The van der Waals surface area contributed by atoms with Gasteiger partial charge in [0.05, 0.1) is 0 Å². The second-order valence-electron chi connectivity index (χ2n) is 4.52. The Morgan fingerprint density at radius 1 is 0.773 bits per heavy atom. The van der Waals surface area contributed by atoms with Gasteiger partial charge < -0.3 is 38.6 Å². The summed E-state index contributed by atoms with van der Waals surface area (Å²) in [5.74, 6) is -1.45. The largest absolute Gasteiger partial charge is 0.412 e. The zero-order chi connectivity index (χ0) is 14.7. The van der Waals surface area contributed by atoms with Crippen molar-refractivity contribution in [3.05, 3.63) is 0 Å². The molecule has 0 bridgehead atoms. The first kappa shape index (κ1) is 29.2. The Kier molecular flexibility index (Phi) is 24.2. The molecule has 22 heavy (non-hydrogen) atoms. The Morgan fingerprint density at radius 2 is 1.09 bits per heavy atom. The van der Waals surface area contributed by atoms with Crippen LogP contribution in [0.1, 0.15) is 38.5 Å². The van der Waals surface area contributed by atoms with Crippen molar-refractivity contribution < 1.29 is 25.3 Å². The van der Waals surface area contributed by atoms with Crippen LogP contribution in [0, 0.1) is 0 Å². The highest BCUT2D eigenvalue weighted by molar-refractivity contribution is 5.90. The van der Waals surface area contributed by atoms with Crippen molar-refractivity contribution >= 4 is 24.3 Å². The lowest BCUT2D eigenvalue weighted by Crippen LogP contribution is -2.39. The molecule has 0 fully saturated rings. The lowest BCUT2D eigenvalue weighted by Gasteiger charge is -2.13. The smallest absolute Gasteiger partial charge is 0.330 e. The summed E-state index contributed by atoms with van der Waals surface area (Å²) in [6.45, 7) is 1.10. The lowest BCUT2D eigenvalue weighted by atomic mass is 10.1. The molecule has 0 aromatic rings. The fourth-order valence-corrected chi connectivity index (χ4v) is 1.50. The Balaban J connectivity index is -0.000000540. The number of unbranched alkanes of at least 4 members (excludes halogenated alkanes) is 2. The maximum Gasteiger partial charge on any atom is 0.330 e. The number of halogens is 1. The lowest BCUT2D eigenvalue weighted by molar-refractivity contribution is -0.161. The van der Waals surface area contributed by atoms with Gasteiger partial charge in [-0.1, -0.05) is 12.8 Å². The quantitative estimate of drug-likeness (QED) is 0.193. The van der Waals surface area contributed by atoms with Gasteiger partial charge in [-0.15, -0.1) is 12.4 Å². The van der Waals surface area contributed by atoms with Gasteiger partial charge in [0.2, 0.25) is 0 Å². The summed E-state index contributed by atoms with van der Waals surface area (Å²) in [5, 5.41) is 0.